The zero-order valence-electron chi connectivity index (χ0n) is 8.95. The molecular weight excluding hydrogens is 196 g/mol. The number of rotatable bonds is 5. The van der Waals surface area contributed by atoms with Crippen molar-refractivity contribution in [3.63, 3.8) is 0 Å². The lowest BCUT2D eigenvalue weighted by molar-refractivity contribution is 0.123. The van der Waals surface area contributed by atoms with Crippen LogP contribution in [-0.2, 0) is 6.54 Å². The molecule has 0 bridgehead atoms. The van der Waals surface area contributed by atoms with Crippen molar-refractivity contribution in [1.29, 1.82) is 0 Å². The lowest BCUT2D eigenvalue weighted by atomic mass is 10.1. The lowest BCUT2D eigenvalue weighted by Gasteiger charge is -2.14. The summed E-state index contributed by atoms with van der Waals surface area (Å²) in [5.41, 5.74) is 1.06. The van der Waals surface area contributed by atoms with E-state index < -0.39 is 0 Å². The Morgan fingerprint density at radius 1 is 1.57 bits per heavy atom. The minimum absolute atomic E-state index is 0.269. The molecule has 3 nitrogen and oxygen atoms in total. The van der Waals surface area contributed by atoms with Gasteiger partial charge in [0.05, 0.1) is 16.8 Å². The van der Waals surface area contributed by atoms with E-state index in [1.807, 2.05) is 26.2 Å². The fourth-order valence-electron chi connectivity index (χ4n) is 1.07. The first kappa shape index (κ1) is 11.6. The molecule has 0 spiro atoms. The van der Waals surface area contributed by atoms with Crippen LogP contribution >= 0.6 is 11.3 Å². The highest BCUT2D eigenvalue weighted by Gasteiger charge is 2.08. The van der Waals surface area contributed by atoms with Crippen molar-refractivity contribution >= 4 is 11.3 Å². The summed E-state index contributed by atoms with van der Waals surface area (Å²) in [6.45, 7) is 7.40. The second-order valence-corrected chi connectivity index (χ2v) is 4.86. The van der Waals surface area contributed by atoms with Gasteiger partial charge in [0.25, 0.3) is 0 Å². The minimum Gasteiger partial charge on any atom is -0.392 e. The lowest BCUT2D eigenvalue weighted by Crippen LogP contribution is -2.30. The van der Waals surface area contributed by atoms with Crippen molar-refractivity contribution in [2.45, 2.75) is 33.4 Å². The van der Waals surface area contributed by atoms with E-state index in [1.165, 1.54) is 0 Å². The van der Waals surface area contributed by atoms with Crippen LogP contribution in [0.4, 0.5) is 0 Å². The zero-order valence-corrected chi connectivity index (χ0v) is 9.77. The van der Waals surface area contributed by atoms with Gasteiger partial charge in [-0.05, 0) is 12.8 Å². The summed E-state index contributed by atoms with van der Waals surface area (Å²) >= 11 is 1.66. The molecule has 1 rings (SSSR count). The van der Waals surface area contributed by atoms with Crippen LogP contribution in [0.2, 0.25) is 0 Å². The summed E-state index contributed by atoms with van der Waals surface area (Å²) in [5, 5.41) is 15.9. The minimum atomic E-state index is -0.269. The van der Waals surface area contributed by atoms with Crippen molar-refractivity contribution < 1.29 is 5.11 Å². The van der Waals surface area contributed by atoms with Gasteiger partial charge in [-0.25, -0.2) is 4.98 Å². The van der Waals surface area contributed by atoms with Crippen LogP contribution in [0.1, 0.15) is 24.5 Å². The van der Waals surface area contributed by atoms with Crippen LogP contribution in [0.15, 0.2) is 5.38 Å². The van der Waals surface area contributed by atoms with E-state index >= 15 is 0 Å². The smallest absolute Gasteiger partial charge is 0.0897 e. The van der Waals surface area contributed by atoms with Gasteiger partial charge in [-0.15, -0.1) is 11.3 Å². The predicted molar refractivity (Wildman–Crippen MR) is 59.4 cm³/mol. The van der Waals surface area contributed by atoms with Crippen LogP contribution in [-0.4, -0.2) is 22.7 Å². The monoisotopic (exact) mass is 214 g/mol. The number of aryl methyl sites for hydroxylation is 1. The molecule has 0 saturated carbocycles. The van der Waals surface area contributed by atoms with E-state index in [4.69, 9.17) is 0 Å². The van der Waals surface area contributed by atoms with E-state index in [0.717, 1.165) is 17.2 Å². The molecule has 14 heavy (non-hydrogen) atoms. The molecule has 0 radical (unpaired) electrons. The van der Waals surface area contributed by atoms with E-state index in [9.17, 15) is 5.11 Å². The van der Waals surface area contributed by atoms with E-state index in [-0.39, 0.29) is 6.10 Å². The Hall–Kier alpha value is -0.450. The quantitative estimate of drug-likeness (QED) is 0.782. The Labute approximate surface area is 89.2 Å². The van der Waals surface area contributed by atoms with E-state index in [0.29, 0.717) is 12.5 Å². The predicted octanol–water partition coefficient (Wildman–Crippen LogP) is 1.56. The summed E-state index contributed by atoms with van der Waals surface area (Å²) in [4.78, 5) is 4.33. The van der Waals surface area contributed by atoms with Crippen LogP contribution in [0.3, 0.4) is 0 Å². The molecule has 4 heteroatoms. The largest absolute Gasteiger partial charge is 0.392 e. The first-order chi connectivity index (χ1) is 6.59. The Morgan fingerprint density at radius 3 is 2.79 bits per heavy atom. The first-order valence-corrected chi connectivity index (χ1v) is 5.77. The molecule has 1 atom stereocenters. The molecule has 1 aromatic rings. The SMILES string of the molecule is Cc1nc(CNCC(O)C(C)C)cs1. The molecule has 2 N–H and O–H groups in total. The van der Waals surface area contributed by atoms with Crippen molar-refractivity contribution in [2.75, 3.05) is 6.54 Å². The topological polar surface area (TPSA) is 45.2 Å². The van der Waals surface area contributed by atoms with Gasteiger partial charge in [-0.3, -0.25) is 0 Å². The van der Waals surface area contributed by atoms with Crippen molar-refractivity contribution in [3.8, 4) is 0 Å². The molecule has 0 amide bonds. The molecule has 1 aromatic heterocycles. The highest BCUT2D eigenvalue weighted by atomic mass is 32.1. The van der Waals surface area contributed by atoms with Crippen molar-refractivity contribution in [2.24, 2.45) is 5.92 Å². The van der Waals surface area contributed by atoms with Gasteiger partial charge in [0.15, 0.2) is 0 Å². The summed E-state index contributed by atoms with van der Waals surface area (Å²) in [6, 6.07) is 0. The van der Waals surface area contributed by atoms with Gasteiger partial charge in [-0.1, -0.05) is 13.8 Å². The average Bonchev–Trinajstić information content (AvgIpc) is 2.51. The second kappa shape index (κ2) is 5.44. The van der Waals surface area contributed by atoms with Gasteiger partial charge in [-0.2, -0.15) is 0 Å². The molecule has 0 aliphatic heterocycles. The number of nitrogens with zero attached hydrogens (tertiary/aromatic N) is 1. The Kier molecular flexibility index (Phi) is 4.51. The van der Waals surface area contributed by atoms with Gasteiger partial charge >= 0.3 is 0 Å². The average molecular weight is 214 g/mol. The molecule has 1 heterocycles. The van der Waals surface area contributed by atoms with Crippen LogP contribution in [0.25, 0.3) is 0 Å². The fraction of sp³-hybridized carbons (Fsp3) is 0.700. The third-order valence-corrected chi connectivity index (χ3v) is 2.92. The molecule has 80 valence electrons. The second-order valence-electron chi connectivity index (χ2n) is 3.80. The fourth-order valence-corrected chi connectivity index (χ4v) is 1.69. The summed E-state index contributed by atoms with van der Waals surface area (Å²) < 4.78 is 0. The third-order valence-electron chi connectivity index (χ3n) is 2.10. The standard InChI is InChI=1S/C10H18N2OS/c1-7(2)10(13)5-11-4-9-6-14-8(3)12-9/h6-7,10-11,13H,4-5H2,1-3H3. The normalized spacial score (nSPS) is 13.5. The number of aliphatic hydroxyl groups is 1. The zero-order chi connectivity index (χ0) is 10.6. The van der Waals surface area contributed by atoms with Crippen molar-refractivity contribution in [1.82, 2.24) is 10.3 Å². The van der Waals surface area contributed by atoms with Gasteiger partial charge in [0.2, 0.25) is 0 Å². The highest BCUT2D eigenvalue weighted by Crippen LogP contribution is 2.07. The number of hydrogen-bond acceptors (Lipinski definition) is 4. The Bertz CT molecular complexity index is 273. The maximum Gasteiger partial charge on any atom is 0.0897 e. The summed E-state index contributed by atoms with van der Waals surface area (Å²) in [5.74, 6) is 0.305. The third kappa shape index (κ3) is 3.74. The number of aromatic nitrogens is 1. The number of nitrogens with one attached hydrogen (secondary N) is 1. The number of hydrogen-bond donors (Lipinski definition) is 2. The molecule has 0 fully saturated rings. The molecule has 0 aromatic carbocycles. The van der Waals surface area contributed by atoms with Gasteiger partial charge in [0.1, 0.15) is 0 Å². The molecule has 0 saturated heterocycles. The number of aliphatic hydroxyl groups excluding tert-OH is 1. The highest BCUT2D eigenvalue weighted by molar-refractivity contribution is 7.09. The van der Waals surface area contributed by atoms with Crippen molar-refractivity contribution in [3.05, 3.63) is 16.1 Å². The van der Waals surface area contributed by atoms with Crippen LogP contribution < -0.4 is 5.32 Å². The number of thiazole rings is 1. The first-order valence-electron chi connectivity index (χ1n) is 4.89. The van der Waals surface area contributed by atoms with Gasteiger partial charge in [0, 0.05) is 18.5 Å². The Balaban J connectivity index is 2.22. The maximum atomic E-state index is 9.53. The maximum absolute atomic E-state index is 9.53. The molecule has 0 aliphatic rings. The van der Waals surface area contributed by atoms with E-state index in [2.05, 4.69) is 10.3 Å². The molecular formula is C10H18N2OS. The van der Waals surface area contributed by atoms with Crippen LogP contribution in [0, 0.1) is 12.8 Å². The summed E-state index contributed by atoms with van der Waals surface area (Å²) in [6.07, 6.45) is -0.269. The summed E-state index contributed by atoms with van der Waals surface area (Å²) in [7, 11) is 0. The van der Waals surface area contributed by atoms with Gasteiger partial charge < -0.3 is 10.4 Å². The molecule has 1 unspecified atom stereocenters. The Morgan fingerprint density at radius 2 is 2.29 bits per heavy atom. The van der Waals surface area contributed by atoms with E-state index in [1.54, 1.807) is 11.3 Å². The van der Waals surface area contributed by atoms with Crippen LogP contribution in [0.5, 0.6) is 0 Å². The molecule has 0 aliphatic carbocycles.